The number of carbonyl (C=O) groups excluding carboxylic acids is 1. The van der Waals surface area contributed by atoms with Crippen LogP contribution in [0.2, 0.25) is 0 Å². The number of rotatable bonds is 7. The van der Waals surface area contributed by atoms with E-state index < -0.39 is 0 Å². The van der Waals surface area contributed by atoms with E-state index in [1.807, 2.05) is 6.92 Å². The highest BCUT2D eigenvalue weighted by Gasteiger charge is 2.42. The Balaban J connectivity index is 1.59. The summed E-state index contributed by atoms with van der Waals surface area (Å²) < 4.78 is 8.93. The van der Waals surface area contributed by atoms with Gasteiger partial charge in [0.15, 0.2) is 0 Å². The molecule has 2 aliphatic rings. The maximum Gasteiger partial charge on any atom is 0.346 e. The van der Waals surface area contributed by atoms with Crippen LogP contribution in [0.15, 0.2) is 4.79 Å². The lowest BCUT2D eigenvalue weighted by atomic mass is 9.96. The second kappa shape index (κ2) is 7.72. The first-order valence-corrected chi connectivity index (χ1v) is 9.67. The Hall–Kier alpha value is -1.63. The molecule has 1 atom stereocenters. The minimum atomic E-state index is -0.196. The van der Waals surface area contributed by atoms with Gasteiger partial charge in [0, 0.05) is 13.0 Å². The number of hydrogen-bond donors (Lipinski definition) is 1. The Labute approximate surface area is 148 Å². The first-order valence-electron chi connectivity index (χ1n) is 9.67. The number of unbranched alkanes of at least 4 members (excludes halogenated alkanes) is 1. The highest BCUT2D eigenvalue weighted by Crippen LogP contribution is 2.40. The van der Waals surface area contributed by atoms with Gasteiger partial charge in [-0.15, -0.1) is 0 Å². The van der Waals surface area contributed by atoms with E-state index in [1.165, 1.54) is 17.5 Å². The molecule has 1 spiro atoms. The SMILES string of the molecule is CCCCc1nn(CC(=O)N[C@@H]2COC3(CCCC3)C2)c(=O)n1CC. The smallest absolute Gasteiger partial charge is 0.346 e. The Bertz CT molecular complexity index is 658. The van der Waals surface area contributed by atoms with Crippen LogP contribution in [0, 0.1) is 0 Å². The van der Waals surface area contributed by atoms with Crippen molar-refractivity contribution < 1.29 is 9.53 Å². The Morgan fingerprint density at radius 3 is 2.80 bits per heavy atom. The van der Waals surface area contributed by atoms with E-state index in [0.29, 0.717) is 13.2 Å². The zero-order valence-electron chi connectivity index (χ0n) is 15.4. The zero-order valence-corrected chi connectivity index (χ0v) is 15.4. The van der Waals surface area contributed by atoms with Crippen LogP contribution in [-0.4, -0.2) is 38.5 Å². The molecule has 0 unspecified atom stereocenters. The first-order chi connectivity index (χ1) is 12.1. The fourth-order valence-corrected chi connectivity index (χ4v) is 4.14. The molecule has 1 aromatic rings. The van der Waals surface area contributed by atoms with Gasteiger partial charge in [0.25, 0.3) is 0 Å². The van der Waals surface area contributed by atoms with Crippen molar-refractivity contribution in [3.8, 4) is 0 Å². The third-order valence-electron chi connectivity index (χ3n) is 5.45. The number of carbonyl (C=O) groups is 1. The number of nitrogens with zero attached hydrogens (tertiary/aromatic N) is 3. The van der Waals surface area contributed by atoms with Gasteiger partial charge in [-0.05, 0) is 32.6 Å². The van der Waals surface area contributed by atoms with Crippen LogP contribution in [0.5, 0.6) is 0 Å². The molecule has 25 heavy (non-hydrogen) atoms. The van der Waals surface area contributed by atoms with Crippen molar-refractivity contribution in [3.05, 3.63) is 16.3 Å². The summed E-state index contributed by atoms with van der Waals surface area (Å²) in [6, 6.07) is 0.0501. The highest BCUT2D eigenvalue weighted by atomic mass is 16.5. The summed E-state index contributed by atoms with van der Waals surface area (Å²) in [5.74, 6) is 0.616. The average Bonchev–Trinajstić information content (AvgIpc) is 3.28. The van der Waals surface area contributed by atoms with Gasteiger partial charge in [0.2, 0.25) is 5.91 Å². The number of hydrogen-bond acceptors (Lipinski definition) is 4. The molecule has 7 heteroatoms. The molecule has 0 aromatic carbocycles. The summed E-state index contributed by atoms with van der Waals surface area (Å²) in [7, 11) is 0. The van der Waals surface area contributed by atoms with Crippen LogP contribution in [0.4, 0.5) is 0 Å². The summed E-state index contributed by atoms with van der Waals surface area (Å²) in [5.41, 5.74) is -0.204. The van der Waals surface area contributed by atoms with E-state index in [4.69, 9.17) is 4.74 Å². The van der Waals surface area contributed by atoms with Crippen molar-refractivity contribution in [1.29, 1.82) is 0 Å². The molecule has 0 radical (unpaired) electrons. The largest absolute Gasteiger partial charge is 0.373 e. The maximum absolute atomic E-state index is 12.4. The number of amides is 1. The molecule has 1 aromatic heterocycles. The lowest BCUT2D eigenvalue weighted by Crippen LogP contribution is -2.40. The van der Waals surface area contributed by atoms with Crippen LogP contribution in [0.25, 0.3) is 0 Å². The molecular weight excluding hydrogens is 320 g/mol. The predicted molar refractivity (Wildman–Crippen MR) is 94.5 cm³/mol. The Morgan fingerprint density at radius 1 is 1.36 bits per heavy atom. The zero-order chi connectivity index (χ0) is 17.9. The molecule has 0 bridgehead atoms. The first kappa shape index (κ1) is 18.2. The monoisotopic (exact) mass is 350 g/mol. The number of aryl methyl sites for hydroxylation is 1. The molecule has 2 heterocycles. The van der Waals surface area contributed by atoms with E-state index in [0.717, 1.165) is 44.3 Å². The third-order valence-corrected chi connectivity index (χ3v) is 5.45. The molecule has 7 nitrogen and oxygen atoms in total. The molecule has 1 saturated heterocycles. The molecule has 1 saturated carbocycles. The van der Waals surface area contributed by atoms with Gasteiger partial charge in [-0.1, -0.05) is 26.2 Å². The van der Waals surface area contributed by atoms with Crippen LogP contribution >= 0.6 is 0 Å². The van der Waals surface area contributed by atoms with Gasteiger partial charge in [-0.25, -0.2) is 9.48 Å². The molecule has 1 N–H and O–H groups in total. The molecule has 2 fully saturated rings. The minimum absolute atomic E-state index is 0.00804. The van der Waals surface area contributed by atoms with Gasteiger partial charge in [0.1, 0.15) is 12.4 Å². The average molecular weight is 350 g/mol. The highest BCUT2D eigenvalue weighted by molar-refractivity contribution is 5.76. The number of nitrogens with one attached hydrogen (secondary N) is 1. The van der Waals surface area contributed by atoms with Crippen molar-refractivity contribution in [3.63, 3.8) is 0 Å². The quantitative estimate of drug-likeness (QED) is 0.811. The van der Waals surface area contributed by atoms with Gasteiger partial charge < -0.3 is 10.1 Å². The maximum atomic E-state index is 12.4. The van der Waals surface area contributed by atoms with E-state index >= 15 is 0 Å². The molecule has 1 amide bonds. The molecule has 1 aliphatic heterocycles. The number of ether oxygens (including phenoxy) is 1. The normalized spacial score (nSPS) is 21.9. The molecule has 3 rings (SSSR count). The number of aromatic nitrogens is 3. The van der Waals surface area contributed by atoms with Crippen LogP contribution in [-0.2, 0) is 29.0 Å². The predicted octanol–water partition coefficient (Wildman–Crippen LogP) is 1.63. The van der Waals surface area contributed by atoms with Gasteiger partial charge in [-0.3, -0.25) is 9.36 Å². The minimum Gasteiger partial charge on any atom is -0.373 e. The molecule has 140 valence electrons. The van der Waals surface area contributed by atoms with Crippen molar-refractivity contribution in [1.82, 2.24) is 19.7 Å². The third kappa shape index (κ3) is 3.97. The van der Waals surface area contributed by atoms with Gasteiger partial charge in [0.05, 0.1) is 18.2 Å². The van der Waals surface area contributed by atoms with E-state index in [9.17, 15) is 9.59 Å². The van der Waals surface area contributed by atoms with Gasteiger partial charge in [-0.2, -0.15) is 5.10 Å². The summed E-state index contributed by atoms with van der Waals surface area (Å²) in [4.78, 5) is 24.8. The lowest BCUT2D eigenvalue weighted by Gasteiger charge is -2.21. The van der Waals surface area contributed by atoms with Crippen LogP contribution in [0.3, 0.4) is 0 Å². The fraction of sp³-hybridized carbons (Fsp3) is 0.833. The van der Waals surface area contributed by atoms with E-state index in [2.05, 4.69) is 17.3 Å². The van der Waals surface area contributed by atoms with Crippen molar-refractivity contribution >= 4 is 5.91 Å². The topological polar surface area (TPSA) is 78.2 Å². The van der Waals surface area contributed by atoms with E-state index in [1.54, 1.807) is 4.57 Å². The summed E-state index contributed by atoms with van der Waals surface area (Å²) in [6.45, 7) is 5.18. The molecule has 1 aliphatic carbocycles. The van der Waals surface area contributed by atoms with Crippen LogP contribution in [0.1, 0.15) is 64.6 Å². The summed E-state index contributed by atoms with van der Waals surface area (Å²) in [6.07, 6.45) is 8.32. The van der Waals surface area contributed by atoms with Gasteiger partial charge >= 0.3 is 5.69 Å². The molecular formula is C18H30N4O3. The Kier molecular flexibility index (Phi) is 5.61. The van der Waals surface area contributed by atoms with E-state index in [-0.39, 0.29) is 29.8 Å². The second-order valence-corrected chi connectivity index (χ2v) is 7.37. The van der Waals surface area contributed by atoms with Crippen molar-refractivity contribution in [2.75, 3.05) is 6.61 Å². The lowest BCUT2D eigenvalue weighted by molar-refractivity contribution is -0.122. The summed E-state index contributed by atoms with van der Waals surface area (Å²) >= 11 is 0. The van der Waals surface area contributed by atoms with Crippen molar-refractivity contribution in [2.45, 2.75) is 89.9 Å². The standard InChI is InChI=1S/C18H30N4O3/c1-3-5-8-15-20-22(17(24)21(15)4-2)12-16(23)19-14-11-18(25-13-14)9-6-7-10-18/h14H,3-13H2,1-2H3,(H,19,23)/t14-/m0/s1. The second-order valence-electron chi connectivity index (χ2n) is 7.37. The fourth-order valence-electron chi connectivity index (χ4n) is 4.14. The van der Waals surface area contributed by atoms with Crippen LogP contribution < -0.4 is 11.0 Å². The Morgan fingerprint density at radius 2 is 2.12 bits per heavy atom. The summed E-state index contributed by atoms with van der Waals surface area (Å²) in [5, 5.41) is 7.40. The van der Waals surface area contributed by atoms with Crippen molar-refractivity contribution in [2.24, 2.45) is 0 Å².